The summed E-state index contributed by atoms with van der Waals surface area (Å²) in [6.07, 6.45) is 0.824. The summed E-state index contributed by atoms with van der Waals surface area (Å²) in [5.74, 6) is 8.73. The Kier molecular flexibility index (Phi) is 5.02. The van der Waals surface area contributed by atoms with E-state index in [2.05, 4.69) is 29.2 Å². The average Bonchev–Trinajstić information content (AvgIpc) is 2.27. The second-order valence-electron chi connectivity index (χ2n) is 4.12. The van der Waals surface area contributed by atoms with Crippen LogP contribution in [0.2, 0.25) is 0 Å². The molecular weight excluding hydrogens is 220 g/mol. The summed E-state index contributed by atoms with van der Waals surface area (Å²) < 4.78 is 0. The normalized spacial score (nSPS) is 10.9. The molecule has 0 aliphatic carbocycles. The highest BCUT2D eigenvalue weighted by Gasteiger charge is 2.10. The van der Waals surface area contributed by atoms with E-state index in [4.69, 9.17) is 5.84 Å². The fourth-order valence-electron chi connectivity index (χ4n) is 1.23. The van der Waals surface area contributed by atoms with Gasteiger partial charge in [0, 0.05) is 17.7 Å². The summed E-state index contributed by atoms with van der Waals surface area (Å²) in [5.41, 5.74) is 3.67. The van der Waals surface area contributed by atoms with Gasteiger partial charge >= 0.3 is 0 Å². The molecule has 90 valence electrons. The maximum Gasteiger partial charge on any atom is 0.147 e. The molecule has 0 aliphatic rings. The van der Waals surface area contributed by atoms with E-state index in [1.807, 2.05) is 13.8 Å². The molecule has 0 saturated heterocycles. The van der Waals surface area contributed by atoms with Crippen LogP contribution in [0, 0.1) is 12.8 Å². The van der Waals surface area contributed by atoms with Gasteiger partial charge in [-0.15, -0.1) is 11.8 Å². The number of nitrogens with one attached hydrogen (secondary N) is 1. The van der Waals surface area contributed by atoms with Crippen LogP contribution in [0.15, 0.2) is 5.03 Å². The van der Waals surface area contributed by atoms with Crippen molar-refractivity contribution < 1.29 is 0 Å². The molecule has 1 aromatic heterocycles. The minimum absolute atomic E-state index is 0.652. The Balaban J connectivity index is 2.96. The zero-order valence-corrected chi connectivity index (χ0v) is 11.2. The highest BCUT2D eigenvalue weighted by atomic mass is 32.2. The lowest BCUT2D eigenvalue weighted by Gasteiger charge is -2.11. The number of anilines is 1. The molecular formula is C11H20N4S. The number of rotatable bonds is 5. The van der Waals surface area contributed by atoms with Crippen LogP contribution < -0.4 is 11.3 Å². The fourth-order valence-corrected chi connectivity index (χ4v) is 2.20. The standard InChI is InChI=1S/C11H20N4S/c1-5-9-13-10(15-12)8(4)11(14-9)16-6-7(2)3/h7H,5-6,12H2,1-4H3,(H,13,14,15). The summed E-state index contributed by atoms with van der Waals surface area (Å²) in [6, 6.07) is 0. The van der Waals surface area contributed by atoms with Crippen molar-refractivity contribution in [3.05, 3.63) is 11.4 Å². The van der Waals surface area contributed by atoms with Crippen molar-refractivity contribution >= 4 is 17.6 Å². The van der Waals surface area contributed by atoms with Crippen LogP contribution >= 0.6 is 11.8 Å². The SMILES string of the molecule is CCc1nc(NN)c(C)c(SCC(C)C)n1. The monoisotopic (exact) mass is 240 g/mol. The van der Waals surface area contributed by atoms with E-state index in [1.54, 1.807) is 11.8 Å². The molecule has 0 bridgehead atoms. The highest BCUT2D eigenvalue weighted by Crippen LogP contribution is 2.26. The van der Waals surface area contributed by atoms with Crippen molar-refractivity contribution in [3.8, 4) is 0 Å². The summed E-state index contributed by atoms with van der Waals surface area (Å²) in [6.45, 7) is 8.44. The first-order valence-corrected chi connectivity index (χ1v) is 6.54. The van der Waals surface area contributed by atoms with Crippen LogP contribution in [0.4, 0.5) is 5.82 Å². The molecule has 0 fully saturated rings. The topological polar surface area (TPSA) is 63.8 Å². The Morgan fingerprint density at radius 1 is 1.38 bits per heavy atom. The summed E-state index contributed by atoms with van der Waals surface area (Å²) in [4.78, 5) is 8.86. The maximum absolute atomic E-state index is 5.45. The van der Waals surface area contributed by atoms with Crippen molar-refractivity contribution in [2.45, 2.75) is 39.1 Å². The molecule has 0 aliphatic heterocycles. The molecule has 4 nitrogen and oxygen atoms in total. The van der Waals surface area contributed by atoms with Gasteiger partial charge in [0.05, 0.1) is 0 Å². The predicted octanol–water partition coefficient (Wildman–Crippen LogP) is 2.38. The van der Waals surface area contributed by atoms with Crippen LogP contribution in [0.1, 0.15) is 32.2 Å². The quantitative estimate of drug-likeness (QED) is 0.358. The van der Waals surface area contributed by atoms with Gasteiger partial charge in [0.1, 0.15) is 16.7 Å². The predicted molar refractivity (Wildman–Crippen MR) is 69.5 cm³/mol. The molecule has 5 heteroatoms. The first-order chi connectivity index (χ1) is 7.58. The van der Waals surface area contributed by atoms with Crippen molar-refractivity contribution in [3.63, 3.8) is 0 Å². The van der Waals surface area contributed by atoms with Gasteiger partial charge in [0.25, 0.3) is 0 Å². The largest absolute Gasteiger partial charge is 0.308 e. The number of nitrogens with two attached hydrogens (primary N) is 1. The molecule has 0 aromatic carbocycles. The van der Waals surface area contributed by atoms with Gasteiger partial charge in [-0.2, -0.15) is 0 Å². The Morgan fingerprint density at radius 3 is 2.56 bits per heavy atom. The molecule has 0 amide bonds. The van der Waals surface area contributed by atoms with Crippen LogP contribution in [-0.2, 0) is 6.42 Å². The van der Waals surface area contributed by atoms with E-state index in [-0.39, 0.29) is 0 Å². The lowest BCUT2D eigenvalue weighted by atomic mass is 10.3. The van der Waals surface area contributed by atoms with Gasteiger partial charge in [-0.1, -0.05) is 20.8 Å². The Labute approximate surface area is 101 Å². The minimum atomic E-state index is 0.652. The highest BCUT2D eigenvalue weighted by molar-refractivity contribution is 7.99. The molecule has 1 rings (SSSR count). The molecule has 0 atom stereocenters. The van der Waals surface area contributed by atoms with Gasteiger partial charge in [-0.05, 0) is 12.8 Å². The second-order valence-corrected chi connectivity index (χ2v) is 5.13. The Morgan fingerprint density at radius 2 is 2.06 bits per heavy atom. The third kappa shape index (κ3) is 3.35. The van der Waals surface area contributed by atoms with Crippen LogP contribution in [0.5, 0.6) is 0 Å². The molecule has 3 N–H and O–H groups in total. The van der Waals surface area contributed by atoms with Crippen LogP contribution in [-0.4, -0.2) is 15.7 Å². The molecule has 1 heterocycles. The number of thioether (sulfide) groups is 1. The average molecular weight is 240 g/mol. The van der Waals surface area contributed by atoms with Crippen LogP contribution in [0.3, 0.4) is 0 Å². The number of aromatic nitrogens is 2. The zero-order chi connectivity index (χ0) is 12.1. The molecule has 0 unspecified atom stereocenters. The smallest absolute Gasteiger partial charge is 0.147 e. The molecule has 0 radical (unpaired) electrons. The van der Waals surface area contributed by atoms with E-state index >= 15 is 0 Å². The van der Waals surface area contributed by atoms with Crippen molar-refractivity contribution in [1.82, 2.24) is 9.97 Å². The third-order valence-corrected chi connectivity index (χ3v) is 3.66. The van der Waals surface area contributed by atoms with Gasteiger partial charge in [0.2, 0.25) is 0 Å². The van der Waals surface area contributed by atoms with Crippen molar-refractivity contribution in [2.75, 3.05) is 11.2 Å². The van der Waals surface area contributed by atoms with E-state index in [0.29, 0.717) is 5.92 Å². The number of aryl methyl sites for hydroxylation is 1. The molecule has 1 aromatic rings. The first kappa shape index (κ1) is 13.3. The van der Waals surface area contributed by atoms with Gasteiger partial charge in [-0.25, -0.2) is 15.8 Å². The summed E-state index contributed by atoms with van der Waals surface area (Å²) in [7, 11) is 0. The second kappa shape index (κ2) is 6.06. The van der Waals surface area contributed by atoms with Gasteiger partial charge < -0.3 is 5.43 Å². The lowest BCUT2D eigenvalue weighted by Crippen LogP contribution is -2.13. The number of nitrogens with zero attached hydrogens (tertiary/aromatic N) is 2. The number of hydrogen-bond acceptors (Lipinski definition) is 5. The van der Waals surface area contributed by atoms with Crippen molar-refractivity contribution in [1.29, 1.82) is 0 Å². The van der Waals surface area contributed by atoms with Gasteiger partial charge in [-0.3, -0.25) is 0 Å². The molecule has 16 heavy (non-hydrogen) atoms. The zero-order valence-electron chi connectivity index (χ0n) is 10.4. The fraction of sp³-hybridized carbons (Fsp3) is 0.636. The number of hydrogen-bond donors (Lipinski definition) is 2. The van der Waals surface area contributed by atoms with Crippen LogP contribution in [0.25, 0.3) is 0 Å². The molecule has 0 spiro atoms. The third-order valence-electron chi connectivity index (χ3n) is 2.15. The van der Waals surface area contributed by atoms with Crippen molar-refractivity contribution in [2.24, 2.45) is 11.8 Å². The Hall–Kier alpha value is -0.810. The Bertz CT molecular complexity index is 352. The van der Waals surface area contributed by atoms with E-state index < -0.39 is 0 Å². The van der Waals surface area contributed by atoms with E-state index in [9.17, 15) is 0 Å². The maximum atomic E-state index is 5.45. The summed E-state index contributed by atoms with van der Waals surface area (Å²) in [5, 5.41) is 1.04. The minimum Gasteiger partial charge on any atom is -0.308 e. The first-order valence-electron chi connectivity index (χ1n) is 5.55. The number of hydrazine groups is 1. The van der Waals surface area contributed by atoms with Gasteiger partial charge in [0.15, 0.2) is 0 Å². The molecule has 0 saturated carbocycles. The summed E-state index contributed by atoms with van der Waals surface area (Å²) >= 11 is 1.77. The van der Waals surface area contributed by atoms with E-state index in [0.717, 1.165) is 34.4 Å². The lowest BCUT2D eigenvalue weighted by molar-refractivity contribution is 0.748. The number of nitrogen functional groups attached to an aromatic ring is 1. The van der Waals surface area contributed by atoms with E-state index in [1.165, 1.54) is 0 Å².